The van der Waals surface area contributed by atoms with Crippen molar-refractivity contribution in [3.63, 3.8) is 0 Å². The second-order valence-electron chi connectivity index (χ2n) is 5.66. The number of benzene rings is 3. The van der Waals surface area contributed by atoms with Gasteiger partial charge in [0, 0.05) is 16.7 Å². The molecule has 0 bridgehead atoms. The summed E-state index contributed by atoms with van der Waals surface area (Å²) in [5.74, 6) is 0.396. The van der Waals surface area contributed by atoms with E-state index in [9.17, 15) is 4.79 Å². The Hall–Kier alpha value is -3.46. The third-order valence-electron chi connectivity index (χ3n) is 4.04. The molecule has 3 heteroatoms. The van der Waals surface area contributed by atoms with Crippen molar-refractivity contribution in [2.24, 2.45) is 0 Å². The largest absolute Gasteiger partial charge is 0.355 e. The molecule has 0 saturated heterocycles. The van der Waals surface area contributed by atoms with Crippen molar-refractivity contribution in [1.29, 1.82) is 0 Å². The Morgan fingerprint density at radius 1 is 0.680 bits per heavy atom. The number of hydrogen-bond donors (Lipinski definition) is 0. The highest BCUT2D eigenvalue weighted by Crippen LogP contribution is 2.33. The van der Waals surface area contributed by atoms with Gasteiger partial charge in [0.05, 0.1) is 5.56 Å². The van der Waals surface area contributed by atoms with Crippen LogP contribution < -0.4 is 0 Å². The normalized spacial score (nSPS) is 10.6. The standard InChI is InChI=1S/C22H15NO2/c24-21(17-12-6-2-7-13-17)19-20(16-10-4-1-5-11-16)23-25-22(19)18-14-8-3-9-15-18/h1-15H. The van der Waals surface area contributed by atoms with E-state index >= 15 is 0 Å². The highest BCUT2D eigenvalue weighted by atomic mass is 16.5. The number of ketones is 1. The Kier molecular flexibility index (Phi) is 3.97. The Balaban J connectivity index is 1.93. The summed E-state index contributed by atoms with van der Waals surface area (Å²) in [6, 6.07) is 28.4. The van der Waals surface area contributed by atoms with Gasteiger partial charge in [0.25, 0.3) is 0 Å². The van der Waals surface area contributed by atoms with Crippen molar-refractivity contribution >= 4 is 5.78 Å². The van der Waals surface area contributed by atoms with Crippen LogP contribution in [0.1, 0.15) is 15.9 Å². The molecule has 0 radical (unpaired) electrons. The zero-order chi connectivity index (χ0) is 17.1. The van der Waals surface area contributed by atoms with Crippen molar-refractivity contribution in [3.05, 3.63) is 102 Å². The average molecular weight is 325 g/mol. The molecule has 0 amide bonds. The maximum Gasteiger partial charge on any atom is 0.199 e. The third-order valence-corrected chi connectivity index (χ3v) is 4.04. The van der Waals surface area contributed by atoms with E-state index < -0.39 is 0 Å². The lowest BCUT2D eigenvalue weighted by Gasteiger charge is -2.04. The number of aromatic nitrogens is 1. The van der Waals surface area contributed by atoms with Gasteiger partial charge in [-0.25, -0.2) is 0 Å². The van der Waals surface area contributed by atoms with E-state index in [-0.39, 0.29) is 5.78 Å². The molecule has 1 aromatic heterocycles. The van der Waals surface area contributed by atoms with E-state index in [1.807, 2.05) is 78.9 Å². The van der Waals surface area contributed by atoms with Gasteiger partial charge in [-0.3, -0.25) is 4.79 Å². The Labute approximate surface area is 145 Å². The SMILES string of the molecule is O=C(c1ccccc1)c1c(-c2ccccc2)noc1-c1ccccc1. The van der Waals surface area contributed by atoms with E-state index in [0.717, 1.165) is 11.1 Å². The molecular weight excluding hydrogens is 310 g/mol. The number of rotatable bonds is 4. The van der Waals surface area contributed by atoms with Crippen LogP contribution in [0, 0.1) is 0 Å². The van der Waals surface area contributed by atoms with Gasteiger partial charge in [-0.1, -0.05) is 96.2 Å². The zero-order valence-electron chi connectivity index (χ0n) is 13.4. The predicted molar refractivity (Wildman–Crippen MR) is 97.2 cm³/mol. The molecule has 0 aliphatic rings. The average Bonchev–Trinajstić information content (AvgIpc) is 3.14. The molecule has 0 aliphatic heterocycles. The van der Waals surface area contributed by atoms with Gasteiger partial charge in [-0.2, -0.15) is 0 Å². The first-order chi connectivity index (χ1) is 12.3. The molecule has 0 N–H and O–H groups in total. The second kappa shape index (κ2) is 6.57. The summed E-state index contributed by atoms with van der Waals surface area (Å²) in [6.45, 7) is 0. The first kappa shape index (κ1) is 15.1. The molecule has 25 heavy (non-hydrogen) atoms. The monoisotopic (exact) mass is 325 g/mol. The molecule has 0 spiro atoms. The third kappa shape index (κ3) is 2.88. The minimum absolute atomic E-state index is 0.0976. The Bertz CT molecular complexity index is 933. The van der Waals surface area contributed by atoms with Gasteiger partial charge in [-0.05, 0) is 0 Å². The molecule has 0 atom stereocenters. The van der Waals surface area contributed by atoms with Crippen LogP contribution in [0.4, 0.5) is 0 Å². The lowest BCUT2D eigenvalue weighted by Crippen LogP contribution is -2.03. The fraction of sp³-hybridized carbons (Fsp3) is 0. The maximum absolute atomic E-state index is 13.2. The summed E-state index contributed by atoms with van der Waals surface area (Å²) in [5, 5.41) is 4.21. The number of hydrogen-bond acceptors (Lipinski definition) is 3. The van der Waals surface area contributed by atoms with Crippen LogP contribution in [0.25, 0.3) is 22.6 Å². The fourth-order valence-electron chi connectivity index (χ4n) is 2.81. The van der Waals surface area contributed by atoms with E-state index in [1.165, 1.54) is 0 Å². The summed E-state index contributed by atoms with van der Waals surface area (Å²) >= 11 is 0. The lowest BCUT2D eigenvalue weighted by molar-refractivity contribution is 0.103. The van der Waals surface area contributed by atoms with E-state index in [1.54, 1.807) is 12.1 Å². The van der Waals surface area contributed by atoms with Gasteiger partial charge in [0.1, 0.15) is 5.69 Å². The van der Waals surface area contributed by atoms with Crippen molar-refractivity contribution in [2.75, 3.05) is 0 Å². The Morgan fingerprint density at radius 2 is 1.20 bits per heavy atom. The topological polar surface area (TPSA) is 43.1 Å². The minimum atomic E-state index is -0.0976. The number of carbonyl (C=O) groups excluding carboxylic acids is 1. The van der Waals surface area contributed by atoms with Gasteiger partial charge >= 0.3 is 0 Å². The van der Waals surface area contributed by atoms with Crippen molar-refractivity contribution in [3.8, 4) is 22.6 Å². The molecule has 3 nitrogen and oxygen atoms in total. The van der Waals surface area contributed by atoms with Gasteiger partial charge in [0.15, 0.2) is 11.5 Å². The van der Waals surface area contributed by atoms with Crippen LogP contribution in [0.5, 0.6) is 0 Å². The highest BCUT2D eigenvalue weighted by molar-refractivity contribution is 6.15. The van der Waals surface area contributed by atoms with Gasteiger partial charge in [-0.15, -0.1) is 0 Å². The molecule has 120 valence electrons. The summed E-state index contributed by atoms with van der Waals surface area (Å²) in [7, 11) is 0. The molecule has 0 fully saturated rings. The molecule has 3 aromatic carbocycles. The number of carbonyl (C=O) groups is 1. The first-order valence-corrected chi connectivity index (χ1v) is 8.05. The molecule has 4 rings (SSSR count). The van der Waals surface area contributed by atoms with E-state index in [0.29, 0.717) is 22.6 Å². The van der Waals surface area contributed by atoms with Crippen LogP contribution in [-0.4, -0.2) is 10.9 Å². The van der Waals surface area contributed by atoms with Crippen LogP contribution >= 0.6 is 0 Å². The molecule has 4 aromatic rings. The van der Waals surface area contributed by atoms with Crippen molar-refractivity contribution in [2.45, 2.75) is 0 Å². The molecule has 0 unspecified atom stereocenters. The summed E-state index contributed by atoms with van der Waals surface area (Å²) in [6.07, 6.45) is 0. The first-order valence-electron chi connectivity index (χ1n) is 8.05. The van der Waals surface area contributed by atoms with Gasteiger partial charge in [0.2, 0.25) is 0 Å². The van der Waals surface area contributed by atoms with Crippen molar-refractivity contribution < 1.29 is 9.32 Å². The number of nitrogens with zero attached hydrogens (tertiary/aromatic N) is 1. The summed E-state index contributed by atoms with van der Waals surface area (Å²) < 4.78 is 5.61. The van der Waals surface area contributed by atoms with E-state index in [4.69, 9.17) is 4.52 Å². The molecule has 0 saturated carbocycles. The molecule has 0 aliphatic carbocycles. The second-order valence-corrected chi connectivity index (χ2v) is 5.66. The molecule has 1 heterocycles. The van der Waals surface area contributed by atoms with Crippen LogP contribution in [0.3, 0.4) is 0 Å². The molecular formula is C22H15NO2. The van der Waals surface area contributed by atoms with Crippen molar-refractivity contribution in [1.82, 2.24) is 5.16 Å². The quantitative estimate of drug-likeness (QED) is 0.482. The van der Waals surface area contributed by atoms with Crippen LogP contribution in [0.2, 0.25) is 0 Å². The maximum atomic E-state index is 13.2. The Morgan fingerprint density at radius 3 is 1.80 bits per heavy atom. The summed E-state index contributed by atoms with van der Waals surface area (Å²) in [4.78, 5) is 13.2. The fourth-order valence-corrected chi connectivity index (χ4v) is 2.81. The van der Waals surface area contributed by atoms with Crippen LogP contribution in [0.15, 0.2) is 95.5 Å². The minimum Gasteiger partial charge on any atom is -0.355 e. The van der Waals surface area contributed by atoms with E-state index in [2.05, 4.69) is 5.16 Å². The zero-order valence-corrected chi connectivity index (χ0v) is 13.4. The highest BCUT2D eigenvalue weighted by Gasteiger charge is 2.25. The predicted octanol–water partition coefficient (Wildman–Crippen LogP) is 5.24. The smallest absolute Gasteiger partial charge is 0.199 e. The van der Waals surface area contributed by atoms with Gasteiger partial charge < -0.3 is 4.52 Å². The lowest BCUT2D eigenvalue weighted by atomic mass is 9.95. The summed E-state index contributed by atoms with van der Waals surface area (Å²) in [5.41, 5.74) is 3.35. The van der Waals surface area contributed by atoms with Crippen LogP contribution in [-0.2, 0) is 0 Å².